The molecule has 1 aromatic rings. The van der Waals surface area contributed by atoms with Crippen LogP contribution in [0.2, 0.25) is 0 Å². The van der Waals surface area contributed by atoms with Crippen molar-refractivity contribution in [3.05, 3.63) is 53.4 Å². The largest absolute Gasteiger partial charge is 0.412 e. The predicted molar refractivity (Wildman–Crippen MR) is 84.5 cm³/mol. The number of dihydropyridines is 1. The molecule has 2 aliphatic heterocycles. The quantitative estimate of drug-likeness (QED) is 0.876. The van der Waals surface area contributed by atoms with Crippen molar-refractivity contribution in [2.45, 2.75) is 19.1 Å². The second-order valence-corrected chi connectivity index (χ2v) is 5.83. The summed E-state index contributed by atoms with van der Waals surface area (Å²) < 4.78 is 40.4. The number of piperazine rings is 1. The number of hydrogen-bond donors (Lipinski definition) is 2. The van der Waals surface area contributed by atoms with Gasteiger partial charge in [-0.3, -0.25) is 0 Å². The van der Waals surface area contributed by atoms with Gasteiger partial charge in [0.15, 0.2) is 0 Å². The summed E-state index contributed by atoms with van der Waals surface area (Å²) in [6, 6.07) is 7.11. The molecule has 1 fully saturated rings. The number of rotatable bonds is 2. The normalized spacial score (nSPS) is 22.7. The number of alkyl halides is 3. The lowest BCUT2D eigenvalue weighted by Gasteiger charge is -2.37. The first-order valence-corrected chi connectivity index (χ1v) is 7.73. The van der Waals surface area contributed by atoms with Crippen molar-refractivity contribution in [2.24, 2.45) is 0 Å². The standard InChI is InChI=1S/C17H20F3N3/c1-12-15(23-9-7-21-8-10-23)11-14(13-5-3-2-4-6-13)16(22-12)17(18,19)20/h2-6,11,16,21-22H,7-10H2,1H3. The molecule has 0 radical (unpaired) electrons. The van der Waals surface area contributed by atoms with Crippen molar-refractivity contribution in [3.63, 3.8) is 0 Å². The van der Waals surface area contributed by atoms with E-state index in [1.807, 2.05) is 0 Å². The number of nitrogens with one attached hydrogen (secondary N) is 2. The van der Waals surface area contributed by atoms with E-state index in [1.165, 1.54) is 0 Å². The second-order valence-electron chi connectivity index (χ2n) is 5.83. The molecule has 1 atom stereocenters. The van der Waals surface area contributed by atoms with Crippen LogP contribution in [0.25, 0.3) is 5.57 Å². The van der Waals surface area contributed by atoms with Gasteiger partial charge >= 0.3 is 6.18 Å². The summed E-state index contributed by atoms with van der Waals surface area (Å²) >= 11 is 0. The van der Waals surface area contributed by atoms with Crippen LogP contribution in [0.4, 0.5) is 13.2 Å². The minimum atomic E-state index is -4.34. The highest BCUT2D eigenvalue weighted by Gasteiger charge is 2.44. The van der Waals surface area contributed by atoms with Gasteiger partial charge in [-0.05, 0) is 24.1 Å². The molecule has 0 bridgehead atoms. The second kappa shape index (κ2) is 6.28. The summed E-state index contributed by atoms with van der Waals surface area (Å²) in [5.41, 5.74) is 2.31. The third-order valence-corrected chi connectivity index (χ3v) is 4.24. The fourth-order valence-electron chi connectivity index (χ4n) is 3.08. The molecule has 3 rings (SSSR count). The Morgan fingerprint density at radius 3 is 2.35 bits per heavy atom. The molecule has 1 saturated heterocycles. The molecule has 124 valence electrons. The van der Waals surface area contributed by atoms with Gasteiger partial charge in [0, 0.05) is 31.9 Å². The maximum absolute atomic E-state index is 13.5. The van der Waals surface area contributed by atoms with E-state index in [-0.39, 0.29) is 5.57 Å². The van der Waals surface area contributed by atoms with Crippen LogP contribution in [0.5, 0.6) is 0 Å². The highest BCUT2D eigenvalue weighted by atomic mass is 19.4. The molecule has 0 saturated carbocycles. The monoisotopic (exact) mass is 323 g/mol. The zero-order valence-electron chi connectivity index (χ0n) is 13.0. The Morgan fingerprint density at radius 2 is 1.74 bits per heavy atom. The van der Waals surface area contributed by atoms with Gasteiger partial charge in [-0.2, -0.15) is 13.2 Å². The van der Waals surface area contributed by atoms with Gasteiger partial charge in [0.1, 0.15) is 6.04 Å². The molecular formula is C17H20F3N3. The molecule has 2 aliphatic rings. The summed E-state index contributed by atoms with van der Waals surface area (Å²) in [5, 5.41) is 5.94. The van der Waals surface area contributed by atoms with E-state index >= 15 is 0 Å². The lowest BCUT2D eigenvalue weighted by Crippen LogP contribution is -2.48. The van der Waals surface area contributed by atoms with Crippen molar-refractivity contribution in [1.82, 2.24) is 15.5 Å². The number of hydrogen-bond acceptors (Lipinski definition) is 3. The van der Waals surface area contributed by atoms with Crippen LogP contribution in [0.15, 0.2) is 47.8 Å². The Labute approximate surface area is 133 Å². The van der Waals surface area contributed by atoms with Crippen LogP contribution in [0.3, 0.4) is 0 Å². The average molecular weight is 323 g/mol. The Hall–Kier alpha value is -1.95. The molecule has 0 aliphatic carbocycles. The molecule has 2 heterocycles. The molecule has 2 N–H and O–H groups in total. The van der Waals surface area contributed by atoms with Crippen molar-refractivity contribution in [1.29, 1.82) is 0 Å². The topological polar surface area (TPSA) is 27.3 Å². The first kappa shape index (κ1) is 15.9. The van der Waals surface area contributed by atoms with Crippen molar-refractivity contribution < 1.29 is 13.2 Å². The number of halogens is 3. The first-order valence-electron chi connectivity index (χ1n) is 7.73. The zero-order chi connectivity index (χ0) is 16.4. The molecule has 6 heteroatoms. The third-order valence-electron chi connectivity index (χ3n) is 4.24. The van der Waals surface area contributed by atoms with Crippen LogP contribution < -0.4 is 10.6 Å². The predicted octanol–water partition coefficient (Wildman–Crippen LogP) is 2.74. The Morgan fingerprint density at radius 1 is 1.09 bits per heavy atom. The van der Waals surface area contributed by atoms with Crippen LogP contribution in [-0.2, 0) is 0 Å². The van der Waals surface area contributed by atoms with Crippen molar-refractivity contribution in [3.8, 4) is 0 Å². The average Bonchev–Trinajstić information content (AvgIpc) is 2.55. The molecular weight excluding hydrogens is 303 g/mol. The lowest BCUT2D eigenvalue weighted by atomic mass is 9.93. The van der Waals surface area contributed by atoms with Crippen LogP contribution in [0, 0.1) is 0 Å². The van der Waals surface area contributed by atoms with E-state index in [0.717, 1.165) is 31.9 Å². The fraction of sp³-hybridized carbons (Fsp3) is 0.412. The summed E-state index contributed by atoms with van der Waals surface area (Å²) in [7, 11) is 0. The van der Waals surface area contributed by atoms with Crippen LogP contribution in [-0.4, -0.2) is 43.3 Å². The van der Waals surface area contributed by atoms with Gasteiger partial charge in [-0.1, -0.05) is 30.3 Å². The van der Waals surface area contributed by atoms with Gasteiger partial charge in [0.05, 0.1) is 5.70 Å². The Bertz CT molecular complexity index is 614. The van der Waals surface area contributed by atoms with Gasteiger partial charge in [0.25, 0.3) is 0 Å². The molecule has 0 amide bonds. The molecule has 1 aromatic carbocycles. The van der Waals surface area contributed by atoms with E-state index in [0.29, 0.717) is 11.3 Å². The SMILES string of the molecule is CC1=C(N2CCNCC2)C=C(c2ccccc2)C(C(F)(F)F)N1. The fourth-order valence-corrected chi connectivity index (χ4v) is 3.08. The van der Waals surface area contributed by atoms with E-state index in [2.05, 4.69) is 15.5 Å². The first-order chi connectivity index (χ1) is 11.0. The van der Waals surface area contributed by atoms with Crippen LogP contribution >= 0.6 is 0 Å². The highest BCUT2D eigenvalue weighted by Crippen LogP contribution is 2.36. The maximum atomic E-state index is 13.5. The van der Waals surface area contributed by atoms with Gasteiger partial charge < -0.3 is 15.5 Å². The van der Waals surface area contributed by atoms with E-state index < -0.39 is 12.2 Å². The van der Waals surface area contributed by atoms with Gasteiger partial charge in [-0.15, -0.1) is 0 Å². The van der Waals surface area contributed by atoms with Crippen LogP contribution in [0.1, 0.15) is 12.5 Å². The molecule has 23 heavy (non-hydrogen) atoms. The van der Waals surface area contributed by atoms with Gasteiger partial charge in [0.2, 0.25) is 0 Å². The van der Waals surface area contributed by atoms with E-state index in [1.54, 1.807) is 43.3 Å². The highest BCUT2D eigenvalue weighted by molar-refractivity contribution is 5.74. The lowest BCUT2D eigenvalue weighted by molar-refractivity contribution is -0.140. The molecule has 1 unspecified atom stereocenters. The minimum Gasteiger partial charge on any atom is -0.372 e. The molecule has 3 nitrogen and oxygen atoms in total. The number of benzene rings is 1. The molecule has 0 spiro atoms. The van der Waals surface area contributed by atoms with Gasteiger partial charge in [-0.25, -0.2) is 0 Å². The zero-order valence-corrected chi connectivity index (χ0v) is 13.0. The van der Waals surface area contributed by atoms with Crippen molar-refractivity contribution >= 4 is 5.57 Å². The Kier molecular flexibility index (Phi) is 4.35. The third kappa shape index (κ3) is 3.37. The minimum absolute atomic E-state index is 0.275. The smallest absolute Gasteiger partial charge is 0.372 e. The summed E-state index contributed by atoms with van der Waals surface area (Å²) in [5.74, 6) is 0. The molecule has 0 aromatic heterocycles. The van der Waals surface area contributed by atoms with Crippen molar-refractivity contribution in [2.75, 3.05) is 26.2 Å². The summed E-state index contributed by atoms with van der Waals surface area (Å²) in [4.78, 5) is 2.13. The number of allylic oxidation sites excluding steroid dienone is 2. The summed E-state index contributed by atoms with van der Waals surface area (Å²) in [6.45, 7) is 4.99. The van der Waals surface area contributed by atoms with E-state index in [4.69, 9.17) is 0 Å². The summed E-state index contributed by atoms with van der Waals surface area (Å²) in [6.07, 6.45) is -2.64. The Balaban J connectivity index is 2.01. The number of nitrogens with zero attached hydrogens (tertiary/aromatic N) is 1. The van der Waals surface area contributed by atoms with E-state index in [9.17, 15) is 13.2 Å². The maximum Gasteiger partial charge on any atom is 0.412 e.